The van der Waals surface area contributed by atoms with Crippen LogP contribution in [0.15, 0.2) is 48.5 Å². The number of fused-ring (bicyclic) bond motifs is 2. The number of methoxy groups -OCH3 is 1. The largest absolute Gasteiger partial charge is 0.486 e. The number of aliphatic carboxylic acids is 1. The smallest absolute Gasteiger partial charge is 0.328 e. The fourth-order valence-electron chi connectivity index (χ4n) is 5.58. The predicted molar refractivity (Wildman–Crippen MR) is 157 cm³/mol. The number of nitrogens with zero attached hydrogens (tertiary/aromatic N) is 2. The Bertz CT molecular complexity index is 1480. The van der Waals surface area contributed by atoms with E-state index in [9.17, 15) is 14.7 Å². The Hall–Kier alpha value is -4.19. The summed E-state index contributed by atoms with van der Waals surface area (Å²) >= 11 is 0. The third-order valence-corrected chi connectivity index (χ3v) is 7.91. The van der Waals surface area contributed by atoms with Gasteiger partial charge in [0.1, 0.15) is 18.8 Å². The van der Waals surface area contributed by atoms with Gasteiger partial charge in [0, 0.05) is 56.3 Å². The van der Waals surface area contributed by atoms with Crippen molar-refractivity contribution in [2.75, 3.05) is 47.0 Å². The van der Waals surface area contributed by atoms with Crippen molar-refractivity contribution in [2.24, 2.45) is 0 Å². The minimum absolute atomic E-state index is 0.0625. The minimum Gasteiger partial charge on any atom is -0.486 e. The lowest BCUT2D eigenvalue weighted by Crippen LogP contribution is -2.61. The summed E-state index contributed by atoms with van der Waals surface area (Å²) < 4.78 is 16.6. The third kappa shape index (κ3) is 6.33. The number of amides is 1. The Kier molecular flexibility index (Phi) is 8.91. The van der Waals surface area contributed by atoms with Crippen LogP contribution in [0.1, 0.15) is 35.6 Å². The van der Waals surface area contributed by atoms with Gasteiger partial charge in [-0.25, -0.2) is 9.78 Å². The normalized spacial score (nSPS) is 17.2. The van der Waals surface area contributed by atoms with Crippen LogP contribution in [0.5, 0.6) is 17.4 Å². The molecular weight excluding hydrogens is 540 g/mol. The number of pyridine rings is 1. The molecule has 2 aromatic carbocycles. The molecule has 0 saturated carbocycles. The Morgan fingerprint density at radius 2 is 1.88 bits per heavy atom. The molecule has 2 aliphatic rings. The molecule has 2 aliphatic heterocycles. The number of carboxylic acids is 1. The second-order valence-electron chi connectivity index (χ2n) is 10.5. The van der Waals surface area contributed by atoms with Crippen LogP contribution < -0.4 is 24.8 Å². The molecule has 1 saturated heterocycles. The number of piperidine rings is 1. The van der Waals surface area contributed by atoms with Crippen LogP contribution >= 0.6 is 0 Å². The van der Waals surface area contributed by atoms with Gasteiger partial charge in [-0.3, -0.25) is 10.1 Å². The van der Waals surface area contributed by atoms with Crippen LogP contribution in [-0.4, -0.2) is 84.5 Å². The average molecular weight is 577 g/mol. The number of benzene rings is 2. The molecule has 42 heavy (non-hydrogen) atoms. The molecule has 3 heterocycles. The van der Waals surface area contributed by atoms with E-state index < -0.39 is 17.6 Å². The molecule has 11 nitrogen and oxygen atoms in total. The van der Waals surface area contributed by atoms with Gasteiger partial charge < -0.3 is 34.6 Å². The first kappa shape index (κ1) is 29.3. The molecule has 0 aliphatic carbocycles. The Balaban J connectivity index is 1.28. The zero-order valence-electron chi connectivity index (χ0n) is 23.8. The fraction of sp³-hybridized carbons (Fsp3) is 0.387. The highest BCUT2D eigenvalue weighted by Crippen LogP contribution is 2.33. The van der Waals surface area contributed by atoms with Crippen molar-refractivity contribution in [2.45, 2.75) is 31.0 Å². The van der Waals surface area contributed by atoms with Crippen molar-refractivity contribution in [3.8, 4) is 17.4 Å². The van der Waals surface area contributed by atoms with Crippen molar-refractivity contribution >= 4 is 28.9 Å². The van der Waals surface area contributed by atoms with Crippen molar-refractivity contribution in [3.05, 3.63) is 65.2 Å². The number of aliphatic hydroxyl groups is 1. The molecule has 1 fully saturated rings. The van der Waals surface area contributed by atoms with E-state index in [2.05, 4.69) is 20.5 Å². The summed E-state index contributed by atoms with van der Waals surface area (Å²) in [5.41, 5.74) is 2.10. The molecule has 11 heteroatoms. The van der Waals surface area contributed by atoms with Crippen LogP contribution in [0.25, 0.3) is 17.0 Å². The SMILES string of the molecule is CNC(=O)C1(NCc2ccc3c(c2)OCCO3)CCN(CC(O)c2ccc(/C=C/C(=O)O)c3ccc(OC)nc23)CC1. The molecule has 0 spiro atoms. The van der Waals surface area contributed by atoms with Crippen LogP contribution in [0, 0.1) is 0 Å². The number of hydrogen-bond acceptors (Lipinski definition) is 9. The summed E-state index contributed by atoms with van der Waals surface area (Å²) in [4.78, 5) is 30.9. The second-order valence-corrected chi connectivity index (χ2v) is 10.5. The van der Waals surface area contributed by atoms with E-state index in [0.717, 1.165) is 17.4 Å². The maximum Gasteiger partial charge on any atom is 0.328 e. The fourth-order valence-corrected chi connectivity index (χ4v) is 5.58. The number of carbonyl (C=O) groups excluding carboxylic acids is 1. The summed E-state index contributed by atoms with van der Waals surface area (Å²) in [5.74, 6) is 0.724. The highest BCUT2D eigenvalue weighted by Gasteiger charge is 2.40. The van der Waals surface area contributed by atoms with E-state index in [1.807, 2.05) is 24.3 Å². The Labute approximate surface area is 244 Å². The summed E-state index contributed by atoms with van der Waals surface area (Å²) in [6.45, 7) is 3.10. The first-order valence-electron chi connectivity index (χ1n) is 14.0. The number of carbonyl (C=O) groups is 2. The Morgan fingerprint density at radius 3 is 2.60 bits per heavy atom. The number of aliphatic hydroxyl groups excluding tert-OH is 1. The predicted octanol–water partition coefficient (Wildman–Crippen LogP) is 2.52. The summed E-state index contributed by atoms with van der Waals surface area (Å²) in [6.07, 6.45) is 2.85. The summed E-state index contributed by atoms with van der Waals surface area (Å²) in [6, 6.07) is 12.9. The number of likely N-dealkylation sites (N-methyl/N-ethyl adjacent to an activating group) is 1. The number of aromatic nitrogens is 1. The average Bonchev–Trinajstić information content (AvgIpc) is 3.02. The second kappa shape index (κ2) is 12.8. The third-order valence-electron chi connectivity index (χ3n) is 7.91. The number of ether oxygens (including phenoxy) is 3. The van der Waals surface area contributed by atoms with Crippen molar-refractivity contribution in [1.82, 2.24) is 20.5 Å². The van der Waals surface area contributed by atoms with Gasteiger partial charge >= 0.3 is 5.97 Å². The standard InChI is InChI=1S/C31H36N4O7/c1-32-30(39)31(33-18-20-3-8-25-26(17-20)42-16-15-41-25)11-13-35(14-12-31)19-24(36)23-6-4-21(5-10-28(37)38)22-7-9-27(40-2)34-29(22)23/h3-10,17,24,33,36H,11-16,18-19H2,1-2H3,(H,32,39)(H,37,38)/b10-5+. The lowest BCUT2D eigenvalue weighted by Gasteiger charge is -2.41. The van der Waals surface area contributed by atoms with Crippen LogP contribution in [-0.2, 0) is 16.1 Å². The summed E-state index contributed by atoms with van der Waals surface area (Å²) in [7, 11) is 3.17. The topological polar surface area (TPSA) is 142 Å². The molecule has 222 valence electrons. The molecule has 1 unspecified atom stereocenters. The number of β-amino-alcohol motifs (C(OH)–C–C–N with tert-alkyl or cyclic N) is 1. The molecule has 5 rings (SSSR count). The first-order valence-corrected chi connectivity index (χ1v) is 14.0. The van der Waals surface area contributed by atoms with Gasteiger partial charge in [-0.05, 0) is 48.2 Å². The van der Waals surface area contributed by atoms with Gasteiger partial charge in [0.05, 0.1) is 18.7 Å². The van der Waals surface area contributed by atoms with Crippen LogP contribution in [0.2, 0.25) is 0 Å². The zero-order chi connectivity index (χ0) is 29.7. The highest BCUT2D eigenvalue weighted by molar-refractivity contribution is 5.94. The molecule has 1 atom stereocenters. The molecule has 1 amide bonds. The molecular formula is C31H36N4O7. The van der Waals surface area contributed by atoms with Gasteiger partial charge in [0.25, 0.3) is 0 Å². The van der Waals surface area contributed by atoms with E-state index in [4.69, 9.17) is 19.3 Å². The quantitative estimate of drug-likeness (QED) is 0.266. The first-order chi connectivity index (χ1) is 20.3. The monoisotopic (exact) mass is 576 g/mol. The number of hydrogen-bond donors (Lipinski definition) is 4. The highest BCUT2D eigenvalue weighted by atomic mass is 16.6. The van der Waals surface area contributed by atoms with Gasteiger partial charge in [0.15, 0.2) is 11.5 Å². The van der Waals surface area contributed by atoms with Gasteiger partial charge in [-0.2, -0.15) is 0 Å². The van der Waals surface area contributed by atoms with Crippen molar-refractivity contribution < 1.29 is 34.0 Å². The maximum absolute atomic E-state index is 13.1. The van der Waals surface area contributed by atoms with Crippen LogP contribution in [0.4, 0.5) is 0 Å². The number of carboxylic acid groups (broad SMARTS) is 1. The van der Waals surface area contributed by atoms with Gasteiger partial charge in [0.2, 0.25) is 11.8 Å². The number of rotatable bonds is 10. The van der Waals surface area contributed by atoms with E-state index >= 15 is 0 Å². The molecule has 4 N–H and O–H groups in total. The van der Waals surface area contributed by atoms with E-state index in [-0.39, 0.29) is 5.91 Å². The van der Waals surface area contributed by atoms with Gasteiger partial charge in [-0.15, -0.1) is 0 Å². The van der Waals surface area contributed by atoms with Crippen molar-refractivity contribution in [3.63, 3.8) is 0 Å². The molecule has 1 aromatic heterocycles. The molecule has 3 aromatic rings. The van der Waals surface area contributed by atoms with E-state index in [1.54, 1.807) is 25.2 Å². The number of nitrogens with one attached hydrogen (secondary N) is 2. The minimum atomic E-state index is -1.05. The molecule has 0 radical (unpaired) electrons. The lowest BCUT2D eigenvalue weighted by atomic mass is 9.85. The van der Waals surface area contributed by atoms with Gasteiger partial charge in [-0.1, -0.05) is 18.2 Å². The lowest BCUT2D eigenvalue weighted by molar-refractivity contribution is -0.131. The molecule has 0 bridgehead atoms. The Morgan fingerprint density at radius 1 is 1.12 bits per heavy atom. The summed E-state index contributed by atoms with van der Waals surface area (Å²) in [5, 5.41) is 27.4. The maximum atomic E-state index is 13.1. The number of likely N-dealkylation sites (tertiary alicyclic amines) is 1. The van der Waals surface area contributed by atoms with Crippen LogP contribution in [0.3, 0.4) is 0 Å². The van der Waals surface area contributed by atoms with Crippen molar-refractivity contribution in [1.29, 1.82) is 0 Å². The van der Waals surface area contributed by atoms with E-state index in [0.29, 0.717) is 85.9 Å². The zero-order valence-corrected chi connectivity index (χ0v) is 23.8. The van der Waals surface area contributed by atoms with E-state index in [1.165, 1.54) is 13.2 Å².